The summed E-state index contributed by atoms with van der Waals surface area (Å²) in [7, 11) is 0. The van der Waals surface area contributed by atoms with Crippen molar-refractivity contribution in [2.24, 2.45) is 0 Å². The summed E-state index contributed by atoms with van der Waals surface area (Å²) in [6.45, 7) is -0.155. The van der Waals surface area contributed by atoms with Crippen molar-refractivity contribution < 1.29 is 22.3 Å². The molecule has 0 saturated heterocycles. The highest BCUT2D eigenvalue weighted by atomic mass is 19.4. The predicted octanol–water partition coefficient (Wildman–Crippen LogP) is 4.58. The number of hydrogen-bond acceptors (Lipinski definition) is 2. The van der Waals surface area contributed by atoms with Crippen LogP contribution in [-0.4, -0.2) is 24.3 Å². The molecule has 0 aliphatic carbocycles. The number of H-pyrrole nitrogens is 1. The molecule has 0 amide bonds. The second kappa shape index (κ2) is 7.78. The van der Waals surface area contributed by atoms with Crippen molar-refractivity contribution in [1.29, 1.82) is 0 Å². The molecule has 26 heavy (non-hydrogen) atoms. The normalized spacial score (nSPS) is 11.8. The van der Waals surface area contributed by atoms with Crippen LogP contribution in [0.5, 0.6) is 5.75 Å². The fraction of sp³-hybridized carbons (Fsp3) is 0.263. The maximum absolute atomic E-state index is 13.4. The molecule has 2 N–H and O–H groups in total. The van der Waals surface area contributed by atoms with Crippen LogP contribution in [0.4, 0.5) is 17.6 Å². The van der Waals surface area contributed by atoms with Gasteiger partial charge in [-0.15, -0.1) is 0 Å². The third-order valence-corrected chi connectivity index (χ3v) is 3.93. The van der Waals surface area contributed by atoms with Gasteiger partial charge in [0.05, 0.1) is 0 Å². The molecule has 0 spiro atoms. The van der Waals surface area contributed by atoms with Gasteiger partial charge < -0.3 is 15.0 Å². The van der Waals surface area contributed by atoms with Crippen LogP contribution in [0.3, 0.4) is 0 Å². The van der Waals surface area contributed by atoms with Gasteiger partial charge in [-0.3, -0.25) is 0 Å². The molecule has 0 bridgehead atoms. The quantitative estimate of drug-likeness (QED) is 0.474. The standard InChI is InChI=1S/C19H18F4N2O/c20-15-4-5-18-17(9-15)14(11-25-18)6-7-24-10-13-2-1-3-16(8-13)26-12-19(21,22)23/h1-5,8-9,11,24-25H,6-7,10,12H2. The first-order valence-corrected chi connectivity index (χ1v) is 8.15. The van der Waals surface area contributed by atoms with Gasteiger partial charge in [0, 0.05) is 23.6 Å². The summed E-state index contributed by atoms with van der Waals surface area (Å²) < 4.78 is 54.7. The highest BCUT2D eigenvalue weighted by molar-refractivity contribution is 5.83. The van der Waals surface area contributed by atoms with Gasteiger partial charge in [-0.2, -0.15) is 13.2 Å². The number of aromatic amines is 1. The zero-order valence-corrected chi connectivity index (χ0v) is 13.9. The Balaban J connectivity index is 1.51. The Bertz CT molecular complexity index is 873. The molecule has 1 aromatic heterocycles. The molecule has 0 aliphatic heterocycles. The van der Waals surface area contributed by atoms with E-state index in [0.29, 0.717) is 19.5 Å². The minimum Gasteiger partial charge on any atom is -0.484 e. The Morgan fingerprint density at radius 2 is 1.92 bits per heavy atom. The molecule has 3 aromatic rings. The van der Waals surface area contributed by atoms with Crippen molar-refractivity contribution in [2.75, 3.05) is 13.2 Å². The van der Waals surface area contributed by atoms with Gasteiger partial charge in [0.25, 0.3) is 0 Å². The molecular weight excluding hydrogens is 348 g/mol. The van der Waals surface area contributed by atoms with Crippen LogP contribution in [0.1, 0.15) is 11.1 Å². The monoisotopic (exact) mass is 366 g/mol. The van der Waals surface area contributed by atoms with E-state index >= 15 is 0 Å². The molecular formula is C19H18F4N2O. The number of alkyl halides is 3. The van der Waals surface area contributed by atoms with E-state index in [1.807, 2.05) is 12.3 Å². The zero-order chi connectivity index (χ0) is 18.6. The number of ether oxygens (including phenoxy) is 1. The maximum atomic E-state index is 13.4. The van der Waals surface area contributed by atoms with Gasteiger partial charge in [0.2, 0.25) is 0 Å². The minimum absolute atomic E-state index is 0.189. The Kier molecular flexibility index (Phi) is 5.46. The van der Waals surface area contributed by atoms with E-state index in [2.05, 4.69) is 10.3 Å². The smallest absolute Gasteiger partial charge is 0.422 e. The lowest BCUT2D eigenvalue weighted by atomic mass is 10.1. The number of nitrogens with one attached hydrogen (secondary N) is 2. The van der Waals surface area contributed by atoms with Crippen LogP contribution in [0.2, 0.25) is 0 Å². The Hall–Kier alpha value is -2.54. The summed E-state index contributed by atoms with van der Waals surface area (Å²) in [4.78, 5) is 3.10. The molecule has 3 nitrogen and oxygen atoms in total. The maximum Gasteiger partial charge on any atom is 0.422 e. The highest BCUT2D eigenvalue weighted by Gasteiger charge is 2.28. The van der Waals surface area contributed by atoms with Crippen molar-refractivity contribution in [1.82, 2.24) is 10.3 Å². The number of aromatic nitrogens is 1. The van der Waals surface area contributed by atoms with E-state index < -0.39 is 12.8 Å². The first-order chi connectivity index (χ1) is 12.4. The second-order valence-electron chi connectivity index (χ2n) is 5.98. The van der Waals surface area contributed by atoms with Crippen molar-refractivity contribution in [2.45, 2.75) is 19.1 Å². The number of rotatable bonds is 7. The first kappa shape index (κ1) is 18.3. The summed E-state index contributed by atoms with van der Waals surface area (Å²) in [5.41, 5.74) is 2.72. The lowest BCUT2D eigenvalue weighted by molar-refractivity contribution is -0.153. The summed E-state index contributed by atoms with van der Waals surface area (Å²) in [6.07, 6.45) is -1.79. The van der Waals surface area contributed by atoms with E-state index in [0.717, 1.165) is 22.0 Å². The topological polar surface area (TPSA) is 37.0 Å². The van der Waals surface area contributed by atoms with Gasteiger partial charge in [-0.05, 0) is 54.4 Å². The lowest BCUT2D eigenvalue weighted by Gasteiger charge is -2.10. The average Bonchev–Trinajstić information content (AvgIpc) is 2.99. The van der Waals surface area contributed by atoms with Gasteiger partial charge in [0.15, 0.2) is 6.61 Å². The van der Waals surface area contributed by atoms with E-state index in [1.165, 1.54) is 18.2 Å². The average molecular weight is 366 g/mol. The zero-order valence-electron chi connectivity index (χ0n) is 13.9. The highest BCUT2D eigenvalue weighted by Crippen LogP contribution is 2.20. The van der Waals surface area contributed by atoms with Crippen molar-refractivity contribution >= 4 is 10.9 Å². The van der Waals surface area contributed by atoms with E-state index in [-0.39, 0.29) is 11.6 Å². The fourth-order valence-electron chi connectivity index (χ4n) is 2.72. The summed E-state index contributed by atoms with van der Waals surface area (Å²) in [5.74, 6) is -0.0873. The van der Waals surface area contributed by atoms with Crippen LogP contribution in [0.25, 0.3) is 10.9 Å². The molecule has 0 fully saturated rings. The minimum atomic E-state index is -4.35. The van der Waals surface area contributed by atoms with Gasteiger partial charge in [-0.25, -0.2) is 4.39 Å². The number of halogens is 4. The van der Waals surface area contributed by atoms with Crippen LogP contribution in [0, 0.1) is 5.82 Å². The van der Waals surface area contributed by atoms with Crippen LogP contribution in [-0.2, 0) is 13.0 Å². The molecule has 0 radical (unpaired) electrons. The van der Waals surface area contributed by atoms with Crippen LogP contribution < -0.4 is 10.1 Å². The van der Waals surface area contributed by atoms with Gasteiger partial charge in [0.1, 0.15) is 11.6 Å². The van der Waals surface area contributed by atoms with Crippen molar-refractivity contribution in [3.63, 3.8) is 0 Å². The van der Waals surface area contributed by atoms with Gasteiger partial charge in [-0.1, -0.05) is 12.1 Å². The lowest BCUT2D eigenvalue weighted by Crippen LogP contribution is -2.19. The molecule has 0 saturated carbocycles. The molecule has 7 heteroatoms. The Morgan fingerprint density at radius 1 is 1.08 bits per heavy atom. The van der Waals surface area contributed by atoms with E-state index in [9.17, 15) is 17.6 Å². The molecule has 3 rings (SSSR count). The third-order valence-electron chi connectivity index (χ3n) is 3.93. The number of benzene rings is 2. The Labute approximate surface area is 148 Å². The SMILES string of the molecule is Fc1ccc2[nH]cc(CCNCc3cccc(OCC(F)(F)F)c3)c2c1. The summed E-state index contributed by atoms with van der Waals surface area (Å²) >= 11 is 0. The van der Waals surface area contributed by atoms with Gasteiger partial charge >= 0.3 is 6.18 Å². The van der Waals surface area contributed by atoms with E-state index in [1.54, 1.807) is 18.2 Å². The van der Waals surface area contributed by atoms with Crippen molar-refractivity contribution in [3.8, 4) is 5.75 Å². The van der Waals surface area contributed by atoms with E-state index in [4.69, 9.17) is 4.74 Å². The number of fused-ring (bicyclic) bond motifs is 1. The summed E-state index contributed by atoms with van der Waals surface area (Å²) in [5, 5.41) is 4.09. The fourth-order valence-corrected chi connectivity index (χ4v) is 2.72. The number of hydrogen-bond donors (Lipinski definition) is 2. The Morgan fingerprint density at radius 3 is 2.73 bits per heavy atom. The third kappa shape index (κ3) is 4.98. The van der Waals surface area contributed by atoms with Crippen molar-refractivity contribution in [3.05, 3.63) is 65.6 Å². The molecule has 0 unspecified atom stereocenters. The second-order valence-corrected chi connectivity index (χ2v) is 5.98. The molecule has 2 aromatic carbocycles. The molecule has 1 heterocycles. The van der Waals surface area contributed by atoms with Crippen LogP contribution in [0.15, 0.2) is 48.7 Å². The molecule has 138 valence electrons. The largest absolute Gasteiger partial charge is 0.484 e. The predicted molar refractivity (Wildman–Crippen MR) is 91.7 cm³/mol. The first-order valence-electron chi connectivity index (χ1n) is 8.15. The molecule has 0 aliphatic rings. The molecule has 0 atom stereocenters. The van der Waals surface area contributed by atoms with Crippen LogP contribution >= 0.6 is 0 Å². The summed E-state index contributed by atoms with van der Waals surface area (Å²) in [6, 6.07) is 11.2.